The Morgan fingerprint density at radius 2 is 2.56 bits per heavy atom. The lowest BCUT2D eigenvalue weighted by atomic mass is 10.3. The van der Waals surface area contributed by atoms with Crippen LogP contribution in [0.25, 0.3) is 0 Å². The van der Waals surface area contributed by atoms with Crippen LogP contribution in [0.4, 0.5) is 0 Å². The highest BCUT2D eigenvalue weighted by molar-refractivity contribution is 4.94. The molecule has 52 valence electrons. The first-order valence-electron chi connectivity index (χ1n) is 2.83. The summed E-state index contributed by atoms with van der Waals surface area (Å²) in [5, 5.41) is 9.03. The monoisotopic (exact) mass is 130 g/mol. The average molecular weight is 130 g/mol. The summed E-state index contributed by atoms with van der Waals surface area (Å²) in [5.41, 5.74) is 0. The first-order valence-corrected chi connectivity index (χ1v) is 2.83. The van der Waals surface area contributed by atoms with Crippen LogP contribution in [0.2, 0.25) is 0 Å². The van der Waals surface area contributed by atoms with E-state index in [9.17, 15) is 0 Å². The molecule has 0 amide bonds. The van der Waals surface area contributed by atoms with Crippen molar-refractivity contribution in [3.63, 3.8) is 0 Å². The van der Waals surface area contributed by atoms with Gasteiger partial charge >= 0.3 is 0 Å². The molecule has 2 atom stereocenters. The molecule has 0 fully saturated rings. The molecule has 0 aromatic rings. The van der Waals surface area contributed by atoms with E-state index < -0.39 is 12.4 Å². The molecule has 9 heavy (non-hydrogen) atoms. The molecule has 1 N–H and O–H groups in total. The van der Waals surface area contributed by atoms with Crippen LogP contribution >= 0.6 is 0 Å². The number of methoxy groups -OCH3 is 1. The highest BCUT2D eigenvalue weighted by atomic mass is 16.7. The van der Waals surface area contributed by atoms with Crippen LogP contribution in [-0.2, 0) is 9.47 Å². The van der Waals surface area contributed by atoms with Crippen molar-refractivity contribution < 1.29 is 14.6 Å². The van der Waals surface area contributed by atoms with Gasteiger partial charge in [-0.25, -0.2) is 0 Å². The fourth-order valence-corrected chi connectivity index (χ4v) is 0.742. The maximum absolute atomic E-state index is 9.03. The first kappa shape index (κ1) is 6.74. The summed E-state index contributed by atoms with van der Waals surface area (Å²) in [6.45, 7) is 0.523. The quantitative estimate of drug-likeness (QED) is 0.504. The Morgan fingerprint density at radius 3 is 3.00 bits per heavy atom. The number of rotatable bonds is 1. The molecule has 3 nitrogen and oxygen atoms in total. The van der Waals surface area contributed by atoms with Gasteiger partial charge in [-0.3, -0.25) is 0 Å². The molecule has 0 spiro atoms. The van der Waals surface area contributed by atoms with Gasteiger partial charge in [0.05, 0.1) is 6.61 Å². The number of aliphatic hydroxyl groups is 1. The minimum atomic E-state index is -0.608. The van der Waals surface area contributed by atoms with Crippen LogP contribution in [0.15, 0.2) is 12.2 Å². The molecule has 0 aromatic heterocycles. The summed E-state index contributed by atoms with van der Waals surface area (Å²) in [6, 6.07) is 0. The van der Waals surface area contributed by atoms with Gasteiger partial charge in [0.2, 0.25) is 0 Å². The summed E-state index contributed by atoms with van der Waals surface area (Å²) in [7, 11) is 1.51. The normalized spacial score (nSPS) is 34.9. The third-order valence-corrected chi connectivity index (χ3v) is 1.20. The predicted octanol–water partition coefficient (Wildman–Crippen LogP) is -0.0938. The topological polar surface area (TPSA) is 38.7 Å². The number of hydrogen-bond acceptors (Lipinski definition) is 3. The van der Waals surface area contributed by atoms with Crippen molar-refractivity contribution in [3.05, 3.63) is 12.2 Å². The summed E-state index contributed by atoms with van der Waals surface area (Å²) >= 11 is 0. The standard InChI is InChI=1S/C6H10O3/c1-8-6-5(7)3-2-4-9-6/h2-3,5-7H,4H2,1H3/t5-,6-/m0/s1. The number of hydrogen-bond donors (Lipinski definition) is 1. The zero-order valence-electron chi connectivity index (χ0n) is 5.28. The van der Waals surface area contributed by atoms with Gasteiger partial charge in [-0.2, -0.15) is 0 Å². The Labute approximate surface area is 53.9 Å². The third kappa shape index (κ3) is 1.51. The van der Waals surface area contributed by atoms with Crippen molar-refractivity contribution in [2.24, 2.45) is 0 Å². The van der Waals surface area contributed by atoms with E-state index in [0.717, 1.165) is 0 Å². The molecule has 0 saturated heterocycles. The fraction of sp³-hybridized carbons (Fsp3) is 0.667. The molecule has 0 aliphatic carbocycles. The summed E-state index contributed by atoms with van der Waals surface area (Å²) in [6.07, 6.45) is 2.34. The molecule has 0 bridgehead atoms. The van der Waals surface area contributed by atoms with Crippen molar-refractivity contribution in [2.45, 2.75) is 12.4 Å². The van der Waals surface area contributed by atoms with Crippen LogP contribution < -0.4 is 0 Å². The summed E-state index contributed by atoms with van der Waals surface area (Å²) in [4.78, 5) is 0. The van der Waals surface area contributed by atoms with E-state index in [0.29, 0.717) is 6.61 Å². The lowest BCUT2D eigenvalue weighted by Gasteiger charge is -2.21. The summed E-state index contributed by atoms with van der Waals surface area (Å²) in [5.74, 6) is 0. The average Bonchev–Trinajstić information content (AvgIpc) is 1.89. The Balaban J connectivity index is 2.44. The molecular formula is C6H10O3. The second kappa shape index (κ2) is 2.96. The van der Waals surface area contributed by atoms with Crippen molar-refractivity contribution >= 4 is 0 Å². The van der Waals surface area contributed by atoms with Gasteiger partial charge < -0.3 is 14.6 Å². The molecule has 1 heterocycles. The molecular weight excluding hydrogens is 120 g/mol. The lowest BCUT2D eigenvalue weighted by molar-refractivity contribution is -0.166. The van der Waals surface area contributed by atoms with E-state index in [-0.39, 0.29) is 0 Å². The van der Waals surface area contributed by atoms with Crippen molar-refractivity contribution in [1.29, 1.82) is 0 Å². The van der Waals surface area contributed by atoms with Crippen LogP contribution in [-0.4, -0.2) is 31.2 Å². The van der Waals surface area contributed by atoms with Crippen molar-refractivity contribution in [2.75, 3.05) is 13.7 Å². The molecule has 0 aromatic carbocycles. The van der Waals surface area contributed by atoms with Gasteiger partial charge in [0.15, 0.2) is 6.29 Å². The second-order valence-electron chi connectivity index (χ2n) is 1.86. The molecule has 1 aliphatic rings. The van der Waals surface area contributed by atoms with Crippen LogP contribution in [0.1, 0.15) is 0 Å². The van der Waals surface area contributed by atoms with Gasteiger partial charge in [-0.1, -0.05) is 12.2 Å². The first-order chi connectivity index (χ1) is 4.34. The summed E-state index contributed by atoms with van der Waals surface area (Å²) < 4.78 is 9.76. The zero-order valence-corrected chi connectivity index (χ0v) is 5.28. The molecule has 1 aliphatic heterocycles. The maximum Gasteiger partial charge on any atom is 0.187 e. The zero-order chi connectivity index (χ0) is 6.69. The highest BCUT2D eigenvalue weighted by Gasteiger charge is 2.18. The Morgan fingerprint density at radius 1 is 1.78 bits per heavy atom. The van der Waals surface area contributed by atoms with E-state index >= 15 is 0 Å². The van der Waals surface area contributed by atoms with Gasteiger partial charge in [0, 0.05) is 7.11 Å². The third-order valence-electron chi connectivity index (χ3n) is 1.20. The van der Waals surface area contributed by atoms with E-state index in [1.54, 1.807) is 12.2 Å². The fourth-order valence-electron chi connectivity index (χ4n) is 0.742. The van der Waals surface area contributed by atoms with E-state index in [4.69, 9.17) is 14.6 Å². The van der Waals surface area contributed by atoms with Gasteiger partial charge in [0.1, 0.15) is 6.10 Å². The van der Waals surface area contributed by atoms with Gasteiger partial charge in [-0.05, 0) is 0 Å². The van der Waals surface area contributed by atoms with Crippen LogP contribution in [0, 0.1) is 0 Å². The Kier molecular flexibility index (Phi) is 2.22. The van der Waals surface area contributed by atoms with Crippen LogP contribution in [0.5, 0.6) is 0 Å². The van der Waals surface area contributed by atoms with Crippen molar-refractivity contribution in [1.82, 2.24) is 0 Å². The van der Waals surface area contributed by atoms with E-state index in [2.05, 4.69) is 0 Å². The molecule has 0 saturated carbocycles. The number of ether oxygens (including phenoxy) is 2. The Hall–Kier alpha value is -0.380. The molecule has 1 rings (SSSR count). The molecule has 0 unspecified atom stereocenters. The minimum absolute atomic E-state index is 0.477. The largest absolute Gasteiger partial charge is 0.384 e. The maximum atomic E-state index is 9.03. The van der Waals surface area contributed by atoms with Crippen molar-refractivity contribution in [3.8, 4) is 0 Å². The lowest BCUT2D eigenvalue weighted by Crippen LogP contribution is -2.31. The van der Waals surface area contributed by atoms with E-state index in [1.807, 2.05) is 0 Å². The minimum Gasteiger partial charge on any atom is -0.384 e. The van der Waals surface area contributed by atoms with E-state index in [1.165, 1.54) is 7.11 Å². The predicted molar refractivity (Wildman–Crippen MR) is 31.9 cm³/mol. The highest BCUT2D eigenvalue weighted by Crippen LogP contribution is 2.06. The SMILES string of the molecule is CO[C@H]1OCC=C[C@@H]1O. The van der Waals surface area contributed by atoms with Crippen LogP contribution in [0.3, 0.4) is 0 Å². The smallest absolute Gasteiger partial charge is 0.187 e. The second-order valence-corrected chi connectivity index (χ2v) is 1.86. The molecule has 0 radical (unpaired) electrons. The van der Waals surface area contributed by atoms with Gasteiger partial charge in [-0.15, -0.1) is 0 Å². The van der Waals surface area contributed by atoms with Gasteiger partial charge in [0.25, 0.3) is 0 Å². The molecule has 3 heteroatoms. The number of aliphatic hydroxyl groups excluding tert-OH is 1. The Bertz CT molecular complexity index is 111.